The van der Waals surface area contributed by atoms with Gasteiger partial charge in [-0.15, -0.1) is 0 Å². The van der Waals surface area contributed by atoms with E-state index in [-0.39, 0.29) is 17.4 Å². The lowest BCUT2D eigenvalue weighted by Gasteiger charge is -2.08. The van der Waals surface area contributed by atoms with Crippen molar-refractivity contribution in [2.75, 3.05) is 0 Å². The molecule has 1 heterocycles. The normalized spacial score (nSPS) is 11.9. The molecule has 0 spiro atoms. The van der Waals surface area contributed by atoms with E-state index in [0.717, 1.165) is 0 Å². The van der Waals surface area contributed by atoms with Gasteiger partial charge in [0.05, 0.1) is 16.6 Å². The highest BCUT2D eigenvalue weighted by molar-refractivity contribution is 9.10. The van der Waals surface area contributed by atoms with Gasteiger partial charge in [0.1, 0.15) is 11.0 Å². The first-order chi connectivity index (χ1) is 7.33. The smallest absolute Gasteiger partial charge is 0.237 e. The van der Waals surface area contributed by atoms with E-state index in [0.29, 0.717) is 16.6 Å². The molecule has 0 aliphatic heterocycles. The molecule has 0 unspecified atom stereocenters. The standard InChI is InChI=1S/C9H9BrClF3N2/c1-2-5-7(10)8(11)16-6(15-5)3-4-9(12,13)14/h2-4H2,1H3. The lowest BCUT2D eigenvalue weighted by Crippen LogP contribution is -2.11. The summed E-state index contributed by atoms with van der Waals surface area (Å²) in [4.78, 5) is 7.80. The molecule has 90 valence electrons. The van der Waals surface area contributed by atoms with Crippen molar-refractivity contribution >= 4 is 27.5 Å². The number of aryl methyl sites for hydroxylation is 2. The zero-order chi connectivity index (χ0) is 12.3. The van der Waals surface area contributed by atoms with E-state index >= 15 is 0 Å². The van der Waals surface area contributed by atoms with Crippen molar-refractivity contribution in [1.29, 1.82) is 0 Å². The highest BCUT2D eigenvalue weighted by Crippen LogP contribution is 2.26. The first kappa shape index (κ1) is 13.7. The van der Waals surface area contributed by atoms with Crippen LogP contribution in [0.15, 0.2) is 4.47 Å². The molecule has 0 radical (unpaired) electrons. The molecule has 7 heteroatoms. The number of hydrogen-bond donors (Lipinski definition) is 0. The van der Waals surface area contributed by atoms with Gasteiger partial charge in [-0.25, -0.2) is 9.97 Å². The molecule has 0 atom stereocenters. The van der Waals surface area contributed by atoms with Crippen LogP contribution in [0.5, 0.6) is 0 Å². The number of aromatic nitrogens is 2. The zero-order valence-corrected chi connectivity index (χ0v) is 10.7. The minimum Gasteiger partial charge on any atom is -0.237 e. The van der Waals surface area contributed by atoms with E-state index in [1.807, 2.05) is 6.92 Å². The number of nitrogens with zero attached hydrogens (tertiary/aromatic N) is 2. The summed E-state index contributed by atoms with van der Waals surface area (Å²) in [5.41, 5.74) is 0.622. The molecule has 16 heavy (non-hydrogen) atoms. The Labute approximate surface area is 104 Å². The molecule has 0 aromatic carbocycles. The SMILES string of the molecule is CCc1nc(CCC(F)(F)F)nc(Cl)c1Br. The maximum atomic E-state index is 12.0. The summed E-state index contributed by atoms with van der Waals surface area (Å²) in [5, 5.41) is 0.157. The molecule has 0 saturated carbocycles. The Morgan fingerprint density at radius 1 is 1.31 bits per heavy atom. The second kappa shape index (κ2) is 5.31. The quantitative estimate of drug-likeness (QED) is 0.789. The second-order valence-electron chi connectivity index (χ2n) is 3.16. The van der Waals surface area contributed by atoms with E-state index in [1.165, 1.54) is 0 Å². The highest BCUT2D eigenvalue weighted by atomic mass is 79.9. The summed E-state index contributed by atoms with van der Waals surface area (Å²) in [6.07, 6.45) is -4.80. The van der Waals surface area contributed by atoms with Gasteiger partial charge in [-0.1, -0.05) is 18.5 Å². The van der Waals surface area contributed by atoms with E-state index in [2.05, 4.69) is 25.9 Å². The molecule has 0 bridgehead atoms. The molecule has 0 aliphatic carbocycles. The predicted octanol–water partition coefficient (Wildman–Crippen LogP) is 3.95. The summed E-state index contributed by atoms with van der Waals surface area (Å²) in [6.45, 7) is 1.84. The van der Waals surface area contributed by atoms with E-state index in [9.17, 15) is 13.2 Å². The summed E-state index contributed by atoms with van der Waals surface area (Å²) in [7, 11) is 0. The maximum absolute atomic E-state index is 12.0. The molecule has 1 aromatic rings. The largest absolute Gasteiger partial charge is 0.389 e. The van der Waals surface area contributed by atoms with Crippen LogP contribution in [0.25, 0.3) is 0 Å². The lowest BCUT2D eigenvalue weighted by atomic mass is 10.2. The number of halogens is 5. The van der Waals surface area contributed by atoms with Crippen LogP contribution in [0, 0.1) is 0 Å². The van der Waals surface area contributed by atoms with Crippen LogP contribution in [-0.4, -0.2) is 16.1 Å². The van der Waals surface area contributed by atoms with E-state index < -0.39 is 12.6 Å². The summed E-state index contributed by atoms with van der Waals surface area (Å²) in [5.74, 6) is 0.127. The molecule has 0 aliphatic rings. The van der Waals surface area contributed by atoms with Crippen molar-refractivity contribution in [3.8, 4) is 0 Å². The van der Waals surface area contributed by atoms with Crippen LogP contribution in [0.3, 0.4) is 0 Å². The van der Waals surface area contributed by atoms with Gasteiger partial charge >= 0.3 is 6.18 Å². The van der Waals surface area contributed by atoms with Crippen molar-refractivity contribution in [3.63, 3.8) is 0 Å². The molecular formula is C9H9BrClF3N2. The fourth-order valence-corrected chi connectivity index (χ4v) is 1.78. The predicted molar refractivity (Wildman–Crippen MR) is 58.5 cm³/mol. The van der Waals surface area contributed by atoms with Crippen molar-refractivity contribution in [3.05, 3.63) is 21.1 Å². The van der Waals surface area contributed by atoms with Crippen LogP contribution in [0.4, 0.5) is 13.2 Å². The fraction of sp³-hybridized carbons (Fsp3) is 0.556. The van der Waals surface area contributed by atoms with Crippen molar-refractivity contribution in [1.82, 2.24) is 9.97 Å². The van der Waals surface area contributed by atoms with Gasteiger partial charge in [-0.3, -0.25) is 0 Å². The van der Waals surface area contributed by atoms with Crippen molar-refractivity contribution in [2.24, 2.45) is 0 Å². The minimum absolute atomic E-state index is 0.127. The molecule has 0 amide bonds. The third-order valence-electron chi connectivity index (χ3n) is 1.89. The Morgan fingerprint density at radius 2 is 1.94 bits per heavy atom. The summed E-state index contributed by atoms with van der Waals surface area (Å²) >= 11 is 8.95. The monoisotopic (exact) mass is 316 g/mol. The van der Waals surface area contributed by atoms with E-state index in [1.54, 1.807) is 0 Å². The summed E-state index contributed by atoms with van der Waals surface area (Å²) in [6, 6.07) is 0. The molecule has 0 fully saturated rings. The van der Waals surface area contributed by atoms with Crippen LogP contribution in [0.2, 0.25) is 5.15 Å². The van der Waals surface area contributed by atoms with Gasteiger partial charge in [-0.05, 0) is 22.4 Å². The second-order valence-corrected chi connectivity index (χ2v) is 4.31. The average Bonchev–Trinajstić information content (AvgIpc) is 2.18. The zero-order valence-electron chi connectivity index (χ0n) is 8.41. The van der Waals surface area contributed by atoms with Gasteiger partial charge in [0.15, 0.2) is 0 Å². The Kier molecular flexibility index (Phi) is 4.55. The number of alkyl halides is 3. The lowest BCUT2D eigenvalue weighted by molar-refractivity contribution is -0.134. The molecule has 1 aromatic heterocycles. The molecular weight excluding hydrogens is 308 g/mol. The average molecular weight is 318 g/mol. The Balaban J connectivity index is 2.86. The third kappa shape index (κ3) is 3.90. The van der Waals surface area contributed by atoms with Crippen molar-refractivity contribution in [2.45, 2.75) is 32.4 Å². The molecule has 0 N–H and O–H groups in total. The van der Waals surface area contributed by atoms with Crippen LogP contribution in [-0.2, 0) is 12.8 Å². The Bertz CT molecular complexity index is 382. The number of rotatable bonds is 3. The van der Waals surface area contributed by atoms with Gasteiger partial charge in [0, 0.05) is 6.42 Å². The third-order valence-corrected chi connectivity index (χ3v) is 3.23. The Morgan fingerprint density at radius 3 is 2.44 bits per heavy atom. The van der Waals surface area contributed by atoms with E-state index in [4.69, 9.17) is 11.6 Å². The van der Waals surface area contributed by atoms with Crippen LogP contribution in [0.1, 0.15) is 24.9 Å². The minimum atomic E-state index is -4.20. The fourth-order valence-electron chi connectivity index (χ4n) is 1.11. The summed E-state index contributed by atoms with van der Waals surface area (Å²) < 4.78 is 36.6. The molecule has 1 rings (SSSR count). The molecule has 2 nitrogen and oxygen atoms in total. The van der Waals surface area contributed by atoms with Gasteiger partial charge in [0.2, 0.25) is 0 Å². The van der Waals surface area contributed by atoms with Crippen LogP contribution < -0.4 is 0 Å². The van der Waals surface area contributed by atoms with Gasteiger partial charge < -0.3 is 0 Å². The number of hydrogen-bond acceptors (Lipinski definition) is 2. The van der Waals surface area contributed by atoms with Gasteiger partial charge in [0.25, 0.3) is 0 Å². The molecule has 0 saturated heterocycles. The first-order valence-corrected chi connectivity index (χ1v) is 5.78. The Hall–Kier alpha value is -0.360. The topological polar surface area (TPSA) is 25.8 Å². The van der Waals surface area contributed by atoms with Gasteiger partial charge in [-0.2, -0.15) is 13.2 Å². The van der Waals surface area contributed by atoms with Crippen molar-refractivity contribution < 1.29 is 13.2 Å². The highest BCUT2D eigenvalue weighted by Gasteiger charge is 2.27. The van der Waals surface area contributed by atoms with Crippen LogP contribution >= 0.6 is 27.5 Å². The maximum Gasteiger partial charge on any atom is 0.389 e. The first-order valence-electron chi connectivity index (χ1n) is 4.61.